The van der Waals surface area contributed by atoms with Gasteiger partial charge in [-0.25, -0.2) is 0 Å². The van der Waals surface area contributed by atoms with Crippen LogP contribution in [0.3, 0.4) is 0 Å². The standard InChI is InChI=1S/C24H32O4/c1-3-4-11-16-28-23-18-20-13-10-9-12-19(20)17-21(23)22(25)14-7-5-6-8-15-24(26)27-2/h5,7,9-10,12-13,17-18,22,25H,3-4,6,8,11,14-16H2,1-2H3/b7-5+. The molecule has 0 spiro atoms. The fraction of sp³-hybridized carbons (Fsp3) is 0.458. The summed E-state index contributed by atoms with van der Waals surface area (Å²) in [5.74, 6) is 0.579. The normalized spacial score (nSPS) is 12.4. The van der Waals surface area contributed by atoms with Crippen molar-refractivity contribution in [1.29, 1.82) is 0 Å². The monoisotopic (exact) mass is 384 g/mol. The molecule has 0 fully saturated rings. The van der Waals surface area contributed by atoms with Gasteiger partial charge in [0.05, 0.1) is 19.8 Å². The summed E-state index contributed by atoms with van der Waals surface area (Å²) in [6.07, 6.45) is 9.14. The minimum absolute atomic E-state index is 0.186. The maximum absolute atomic E-state index is 11.1. The van der Waals surface area contributed by atoms with Crippen molar-refractivity contribution in [1.82, 2.24) is 0 Å². The van der Waals surface area contributed by atoms with Crippen LogP contribution in [-0.2, 0) is 9.53 Å². The summed E-state index contributed by atoms with van der Waals surface area (Å²) >= 11 is 0. The fourth-order valence-corrected chi connectivity index (χ4v) is 3.09. The lowest BCUT2D eigenvalue weighted by Gasteiger charge is -2.17. The zero-order valence-electron chi connectivity index (χ0n) is 17.0. The number of hydrogen-bond donors (Lipinski definition) is 1. The SMILES string of the molecule is CCCCCOc1cc2ccccc2cc1C(O)C/C=C/CCCC(=O)OC. The van der Waals surface area contributed by atoms with E-state index in [4.69, 9.17) is 4.74 Å². The number of hydrogen-bond acceptors (Lipinski definition) is 4. The summed E-state index contributed by atoms with van der Waals surface area (Å²) in [4.78, 5) is 11.1. The average Bonchev–Trinajstić information content (AvgIpc) is 2.72. The predicted octanol–water partition coefficient (Wildman–Crippen LogP) is 5.73. The quantitative estimate of drug-likeness (QED) is 0.288. The lowest BCUT2D eigenvalue weighted by atomic mass is 10.00. The molecular formula is C24H32O4. The molecule has 1 atom stereocenters. The first-order valence-corrected chi connectivity index (χ1v) is 10.2. The Kier molecular flexibility index (Phi) is 9.56. The van der Waals surface area contributed by atoms with Crippen LogP contribution < -0.4 is 4.74 Å². The second-order valence-corrected chi connectivity index (χ2v) is 6.98. The second-order valence-electron chi connectivity index (χ2n) is 6.98. The highest BCUT2D eigenvalue weighted by Crippen LogP contribution is 2.32. The third-order valence-electron chi connectivity index (χ3n) is 4.75. The number of aliphatic hydroxyl groups excluding tert-OH is 1. The first kappa shape index (κ1) is 22.0. The molecule has 0 aliphatic rings. The topological polar surface area (TPSA) is 55.8 Å². The molecule has 0 aliphatic carbocycles. The van der Waals surface area contributed by atoms with E-state index < -0.39 is 6.10 Å². The maximum atomic E-state index is 11.1. The lowest BCUT2D eigenvalue weighted by molar-refractivity contribution is -0.140. The molecule has 2 aromatic carbocycles. The summed E-state index contributed by atoms with van der Waals surface area (Å²) in [5, 5.41) is 13.0. The van der Waals surface area contributed by atoms with Gasteiger partial charge in [-0.1, -0.05) is 56.2 Å². The molecule has 4 heteroatoms. The molecule has 4 nitrogen and oxygen atoms in total. The largest absolute Gasteiger partial charge is 0.493 e. The van der Waals surface area contributed by atoms with Gasteiger partial charge < -0.3 is 14.6 Å². The van der Waals surface area contributed by atoms with Crippen molar-refractivity contribution >= 4 is 16.7 Å². The van der Waals surface area contributed by atoms with Crippen molar-refractivity contribution in [2.24, 2.45) is 0 Å². The predicted molar refractivity (Wildman–Crippen MR) is 114 cm³/mol. The molecule has 0 aromatic heterocycles. The molecule has 0 amide bonds. The van der Waals surface area contributed by atoms with Gasteiger partial charge in [-0.2, -0.15) is 0 Å². The summed E-state index contributed by atoms with van der Waals surface area (Å²) in [5.41, 5.74) is 0.828. The molecule has 2 rings (SSSR count). The van der Waals surface area contributed by atoms with E-state index in [0.717, 1.165) is 54.2 Å². The van der Waals surface area contributed by atoms with E-state index in [9.17, 15) is 9.90 Å². The average molecular weight is 385 g/mol. The van der Waals surface area contributed by atoms with Crippen LogP contribution in [0.4, 0.5) is 0 Å². The Morgan fingerprint density at radius 2 is 1.86 bits per heavy atom. The van der Waals surface area contributed by atoms with E-state index in [1.165, 1.54) is 7.11 Å². The fourth-order valence-electron chi connectivity index (χ4n) is 3.09. The number of unbranched alkanes of at least 4 members (excludes halogenated alkanes) is 3. The molecule has 0 saturated heterocycles. The first-order valence-electron chi connectivity index (χ1n) is 10.2. The Morgan fingerprint density at radius 1 is 1.11 bits per heavy atom. The summed E-state index contributed by atoms with van der Waals surface area (Å²) in [7, 11) is 1.40. The molecule has 1 unspecified atom stereocenters. The second kappa shape index (κ2) is 12.2. The minimum atomic E-state index is -0.623. The highest BCUT2D eigenvalue weighted by molar-refractivity contribution is 5.85. The number of fused-ring (bicyclic) bond motifs is 1. The number of methoxy groups -OCH3 is 1. The van der Waals surface area contributed by atoms with Crippen molar-refractivity contribution in [2.75, 3.05) is 13.7 Å². The van der Waals surface area contributed by atoms with Gasteiger partial charge in [-0.05, 0) is 48.6 Å². The van der Waals surface area contributed by atoms with Gasteiger partial charge >= 0.3 is 5.97 Å². The molecule has 2 aromatic rings. The molecule has 152 valence electrons. The minimum Gasteiger partial charge on any atom is -0.493 e. The van der Waals surface area contributed by atoms with Crippen LogP contribution in [0.1, 0.15) is 63.5 Å². The molecular weight excluding hydrogens is 352 g/mol. The smallest absolute Gasteiger partial charge is 0.305 e. The van der Waals surface area contributed by atoms with Crippen LogP contribution in [0.15, 0.2) is 48.6 Å². The van der Waals surface area contributed by atoms with Gasteiger partial charge in [-0.15, -0.1) is 0 Å². The van der Waals surface area contributed by atoms with Crippen molar-refractivity contribution in [3.8, 4) is 5.75 Å². The first-order chi connectivity index (χ1) is 13.7. The molecule has 1 N–H and O–H groups in total. The summed E-state index contributed by atoms with van der Waals surface area (Å²) in [6.45, 7) is 2.83. The number of carbonyl (C=O) groups is 1. The summed E-state index contributed by atoms with van der Waals surface area (Å²) < 4.78 is 10.6. The molecule has 28 heavy (non-hydrogen) atoms. The van der Waals surface area contributed by atoms with E-state index in [0.29, 0.717) is 19.4 Å². The van der Waals surface area contributed by atoms with Crippen molar-refractivity contribution in [3.63, 3.8) is 0 Å². The molecule has 0 bridgehead atoms. The van der Waals surface area contributed by atoms with Crippen molar-refractivity contribution < 1.29 is 19.4 Å². The Bertz CT molecular complexity index is 766. The van der Waals surface area contributed by atoms with Crippen LogP contribution in [-0.4, -0.2) is 24.8 Å². The van der Waals surface area contributed by atoms with E-state index in [2.05, 4.69) is 23.8 Å². The van der Waals surface area contributed by atoms with Gasteiger partial charge in [0.15, 0.2) is 0 Å². The molecule has 0 saturated carbocycles. The molecule has 0 radical (unpaired) electrons. The van der Waals surface area contributed by atoms with E-state index in [1.807, 2.05) is 36.4 Å². The Labute approximate surface area is 168 Å². The number of benzene rings is 2. The van der Waals surface area contributed by atoms with Crippen LogP contribution in [0.5, 0.6) is 5.75 Å². The molecule has 0 aliphatic heterocycles. The Hall–Kier alpha value is -2.33. The Morgan fingerprint density at radius 3 is 2.57 bits per heavy atom. The number of esters is 1. The van der Waals surface area contributed by atoms with E-state index >= 15 is 0 Å². The van der Waals surface area contributed by atoms with Crippen LogP contribution in [0, 0.1) is 0 Å². The summed E-state index contributed by atoms with van der Waals surface area (Å²) in [6, 6.07) is 12.2. The number of carbonyl (C=O) groups excluding carboxylic acids is 1. The van der Waals surface area contributed by atoms with Gasteiger partial charge in [-0.3, -0.25) is 4.79 Å². The third-order valence-corrected chi connectivity index (χ3v) is 4.75. The van der Waals surface area contributed by atoms with Crippen LogP contribution in [0.25, 0.3) is 10.8 Å². The van der Waals surface area contributed by atoms with Gasteiger partial charge in [0.2, 0.25) is 0 Å². The molecule has 0 heterocycles. The maximum Gasteiger partial charge on any atom is 0.305 e. The van der Waals surface area contributed by atoms with Gasteiger partial charge in [0, 0.05) is 12.0 Å². The van der Waals surface area contributed by atoms with E-state index in [1.54, 1.807) is 0 Å². The zero-order valence-corrected chi connectivity index (χ0v) is 17.0. The Balaban J connectivity index is 2.01. The number of rotatable bonds is 12. The number of aliphatic hydroxyl groups is 1. The van der Waals surface area contributed by atoms with Crippen molar-refractivity contribution in [3.05, 3.63) is 54.1 Å². The number of ether oxygens (including phenoxy) is 2. The zero-order chi connectivity index (χ0) is 20.2. The number of allylic oxidation sites excluding steroid dienone is 1. The highest BCUT2D eigenvalue weighted by atomic mass is 16.5. The van der Waals surface area contributed by atoms with Gasteiger partial charge in [0.1, 0.15) is 5.75 Å². The lowest BCUT2D eigenvalue weighted by Crippen LogP contribution is -2.04. The third kappa shape index (κ3) is 7.01. The van der Waals surface area contributed by atoms with Crippen molar-refractivity contribution in [2.45, 2.75) is 58.0 Å². The highest BCUT2D eigenvalue weighted by Gasteiger charge is 2.14. The van der Waals surface area contributed by atoms with Crippen LogP contribution in [0.2, 0.25) is 0 Å². The van der Waals surface area contributed by atoms with Gasteiger partial charge in [0.25, 0.3) is 0 Å². The van der Waals surface area contributed by atoms with Crippen LogP contribution >= 0.6 is 0 Å². The van der Waals surface area contributed by atoms with E-state index in [-0.39, 0.29) is 5.97 Å².